The van der Waals surface area contributed by atoms with Crippen molar-refractivity contribution in [1.82, 2.24) is 0 Å². The molecule has 0 aliphatic heterocycles. The lowest BCUT2D eigenvalue weighted by molar-refractivity contribution is -0.384. The van der Waals surface area contributed by atoms with Crippen molar-refractivity contribution in [3.05, 3.63) is 33.9 Å². The lowest BCUT2D eigenvalue weighted by Gasteiger charge is -2.17. The minimum Gasteiger partial charge on any atom is -0.481 e. The number of hydrogen-bond donors (Lipinski definition) is 2. The SMILES string of the molecule is Cc1ccc(NCC2CCCC2C(=O)O)c([N+](=O)[O-])c1. The molecule has 6 heteroatoms. The summed E-state index contributed by atoms with van der Waals surface area (Å²) in [6.07, 6.45) is 2.45. The summed E-state index contributed by atoms with van der Waals surface area (Å²) in [5.74, 6) is -1.08. The number of carbonyl (C=O) groups is 1. The maximum absolute atomic E-state index is 11.1. The first kappa shape index (κ1) is 14.3. The van der Waals surface area contributed by atoms with Gasteiger partial charge in [-0.2, -0.15) is 0 Å². The lowest BCUT2D eigenvalue weighted by Crippen LogP contribution is -2.24. The molecule has 0 aromatic heterocycles. The molecule has 1 aromatic rings. The van der Waals surface area contributed by atoms with E-state index in [-0.39, 0.29) is 17.5 Å². The van der Waals surface area contributed by atoms with Crippen LogP contribution in [0.5, 0.6) is 0 Å². The topological polar surface area (TPSA) is 92.5 Å². The number of carboxylic acids is 1. The van der Waals surface area contributed by atoms with E-state index in [0.29, 0.717) is 18.7 Å². The van der Waals surface area contributed by atoms with Crippen LogP contribution in [0.1, 0.15) is 24.8 Å². The Hall–Kier alpha value is -2.11. The zero-order valence-corrected chi connectivity index (χ0v) is 11.3. The van der Waals surface area contributed by atoms with Crippen molar-refractivity contribution in [3.8, 4) is 0 Å². The van der Waals surface area contributed by atoms with Crippen LogP contribution < -0.4 is 5.32 Å². The number of hydrogen-bond acceptors (Lipinski definition) is 4. The summed E-state index contributed by atoms with van der Waals surface area (Å²) in [4.78, 5) is 21.7. The van der Waals surface area contributed by atoms with Crippen LogP contribution in [0.2, 0.25) is 0 Å². The highest BCUT2D eigenvalue weighted by Crippen LogP contribution is 2.33. The second kappa shape index (κ2) is 5.90. The molecule has 20 heavy (non-hydrogen) atoms. The van der Waals surface area contributed by atoms with Gasteiger partial charge in [0.2, 0.25) is 0 Å². The number of nitrogens with zero attached hydrogens (tertiary/aromatic N) is 1. The number of aryl methyl sites for hydroxylation is 1. The number of nitro groups is 1. The number of carboxylic acid groups (broad SMARTS) is 1. The third-order valence-electron chi connectivity index (χ3n) is 3.88. The van der Waals surface area contributed by atoms with Crippen molar-refractivity contribution >= 4 is 17.3 Å². The molecule has 1 aliphatic rings. The molecule has 1 aromatic carbocycles. The summed E-state index contributed by atoms with van der Waals surface area (Å²) in [5, 5.41) is 23.2. The van der Waals surface area contributed by atoms with Gasteiger partial charge in [0.1, 0.15) is 5.69 Å². The second-order valence-electron chi connectivity index (χ2n) is 5.29. The highest BCUT2D eigenvalue weighted by molar-refractivity contribution is 5.71. The first-order chi connectivity index (χ1) is 9.49. The summed E-state index contributed by atoms with van der Waals surface area (Å²) in [6.45, 7) is 2.26. The molecule has 2 atom stereocenters. The normalized spacial score (nSPS) is 21.6. The van der Waals surface area contributed by atoms with Crippen molar-refractivity contribution in [3.63, 3.8) is 0 Å². The molecular formula is C14H18N2O4. The van der Waals surface area contributed by atoms with Crippen LogP contribution in [0.4, 0.5) is 11.4 Å². The van der Waals surface area contributed by atoms with Gasteiger partial charge in [-0.3, -0.25) is 14.9 Å². The van der Waals surface area contributed by atoms with Crippen molar-refractivity contribution in [2.45, 2.75) is 26.2 Å². The monoisotopic (exact) mass is 278 g/mol. The molecule has 0 amide bonds. The third kappa shape index (κ3) is 3.07. The quantitative estimate of drug-likeness (QED) is 0.638. The van der Waals surface area contributed by atoms with Crippen LogP contribution in [-0.4, -0.2) is 22.5 Å². The average Bonchev–Trinajstić information content (AvgIpc) is 2.85. The van der Waals surface area contributed by atoms with Crippen molar-refractivity contribution < 1.29 is 14.8 Å². The Balaban J connectivity index is 2.07. The molecule has 2 N–H and O–H groups in total. The van der Waals surface area contributed by atoms with Crippen LogP contribution in [0.15, 0.2) is 18.2 Å². The Morgan fingerprint density at radius 3 is 2.90 bits per heavy atom. The lowest BCUT2D eigenvalue weighted by atomic mass is 9.96. The Kier molecular flexibility index (Phi) is 4.22. The minimum absolute atomic E-state index is 0.0356. The molecular weight excluding hydrogens is 260 g/mol. The fraction of sp³-hybridized carbons (Fsp3) is 0.500. The van der Waals surface area contributed by atoms with E-state index in [1.165, 1.54) is 6.07 Å². The molecule has 108 valence electrons. The molecule has 1 saturated carbocycles. The Labute approximate surface area is 117 Å². The van der Waals surface area contributed by atoms with Gasteiger partial charge >= 0.3 is 5.97 Å². The smallest absolute Gasteiger partial charge is 0.306 e. The Morgan fingerprint density at radius 2 is 2.25 bits per heavy atom. The van der Waals surface area contributed by atoms with E-state index >= 15 is 0 Å². The standard InChI is InChI=1S/C14H18N2O4/c1-9-5-6-12(13(7-9)16(19)20)15-8-10-3-2-4-11(10)14(17)18/h5-7,10-11,15H,2-4,8H2,1H3,(H,17,18). The maximum Gasteiger partial charge on any atom is 0.306 e. The number of anilines is 1. The van der Waals surface area contributed by atoms with Gasteiger partial charge < -0.3 is 10.4 Å². The Bertz CT molecular complexity index is 530. The van der Waals surface area contributed by atoms with Gasteiger partial charge in [-0.25, -0.2) is 0 Å². The number of nitrogens with one attached hydrogen (secondary N) is 1. The number of rotatable bonds is 5. The first-order valence-corrected chi connectivity index (χ1v) is 6.70. The summed E-state index contributed by atoms with van der Waals surface area (Å²) in [5.41, 5.74) is 1.32. The highest BCUT2D eigenvalue weighted by atomic mass is 16.6. The summed E-state index contributed by atoms with van der Waals surface area (Å²) < 4.78 is 0. The van der Waals surface area contributed by atoms with Gasteiger partial charge in [0.25, 0.3) is 5.69 Å². The van der Waals surface area contributed by atoms with E-state index in [0.717, 1.165) is 18.4 Å². The maximum atomic E-state index is 11.1. The van der Waals surface area contributed by atoms with E-state index in [1.54, 1.807) is 19.1 Å². The average molecular weight is 278 g/mol. The van der Waals surface area contributed by atoms with Gasteiger partial charge in [-0.05, 0) is 37.3 Å². The molecule has 1 fully saturated rings. The van der Waals surface area contributed by atoms with Gasteiger partial charge in [-0.15, -0.1) is 0 Å². The van der Waals surface area contributed by atoms with E-state index in [1.807, 2.05) is 0 Å². The molecule has 2 unspecified atom stereocenters. The molecule has 0 spiro atoms. The molecule has 0 bridgehead atoms. The van der Waals surface area contributed by atoms with Crippen LogP contribution in [0.3, 0.4) is 0 Å². The summed E-state index contributed by atoms with van der Waals surface area (Å²) >= 11 is 0. The summed E-state index contributed by atoms with van der Waals surface area (Å²) in [6, 6.07) is 5.00. The van der Waals surface area contributed by atoms with Gasteiger partial charge in [0.05, 0.1) is 10.8 Å². The molecule has 0 heterocycles. The third-order valence-corrected chi connectivity index (χ3v) is 3.88. The summed E-state index contributed by atoms with van der Waals surface area (Å²) in [7, 11) is 0. The fourth-order valence-electron chi connectivity index (χ4n) is 2.79. The van der Waals surface area contributed by atoms with Crippen LogP contribution in [0, 0.1) is 28.9 Å². The van der Waals surface area contributed by atoms with Crippen molar-refractivity contribution in [1.29, 1.82) is 0 Å². The zero-order chi connectivity index (χ0) is 14.7. The molecule has 0 saturated heterocycles. The highest BCUT2D eigenvalue weighted by Gasteiger charge is 2.32. The Morgan fingerprint density at radius 1 is 1.50 bits per heavy atom. The minimum atomic E-state index is -0.771. The van der Waals surface area contributed by atoms with E-state index in [4.69, 9.17) is 5.11 Å². The number of benzene rings is 1. The van der Waals surface area contributed by atoms with E-state index < -0.39 is 10.9 Å². The molecule has 1 aliphatic carbocycles. The number of aliphatic carboxylic acids is 1. The number of nitro benzene ring substituents is 1. The van der Waals surface area contributed by atoms with Crippen LogP contribution >= 0.6 is 0 Å². The largest absolute Gasteiger partial charge is 0.481 e. The van der Waals surface area contributed by atoms with Crippen LogP contribution in [0.25, 0.3) is 0 Å². The molecule has 0 radical (unpaired) electrons. The molecule has 6 nitrogen and oxygen atoms in total. The van der Waals surface area contributed by atoms with Gasteiger partial charge in [-0.1, -0.05) is 12.5 Å². The van der Waals surface area contributed by atoms with E-state index in [2.05, 4.69) is 5.32 Å². The molecule has 2 rings (SSSR count). The van der Waals surface area contributed by atoms with E-state index in [9.17, 15) is 14.9 Å². The predicted molar refractivity (Wildman–Crippen MR) is 74.8 cm³/mol. The first-order valence-electron chi connectivity index (χ1n) is 6.70. The zero-order valence-electron chi connectivity index (χ0n) is 11.3. The van der Waals surface area contributed by atoms with Crippen LogP contribution in [-0.2, 0) is 4.79 Å². The second-order valence-corrected chi connectivity index (χ2v) is 5.29. The van der Waals surface area contributed by atoms with Crippen molar-refractivity contribution in [2.75, 3.05) is 11.9 Å². The van der Waals surface area contributed by atoms with Gasteiger partial charge in [0, 0.05) is 12.6 Å². The van der Waals surface area contributed by atoms with Gasteiger partial charge in [0.15, 0.2) is 0 Å². The fourth-order valence-corrected chi connectivity index (χ4v) is 2.79. The van der Waals surface area contributed by atoms with Crippen molar-refractivity contribution in [2.24, 2.45) is 11.8 Å². The predicted octanol–water partition coefficient (Wildman–Crippen LogP) is 2.82.